The second kappa shape index (κ2) is 5.35. The molecule has 3 N–H and O–H groups in total. The molecule has 2 unspecified atom stereocenters. The first-order valence-electron chi connectivity index (χ1n) is 7.90. The average molecular weight is 333 g/mol. The highest BCUT2D eigenvalue weighted by atomic mass is 32.1. The van der Waals surface area contributed by atoms with E-state index in [4.69, 9.17) is 0 Å². The molecule has 23 heavy (non-hydrogen) atoms. The van der Waals surface area contributed by atoms with Crippen LogP contribution in [-0.4, -0.2) is 46.1 Å². The lowest BCUT2D eigenvalue weighted by molar-refractivity contribution is 0.0878. The molecular weight excluding hydrogens is 314 g/mol. The van der Waals surface area contributed by atoms with Crippen molar-refractivity contribution in [2.24, 2.45) is 0 Å². The molecule has 2 bridgehead atoms. The summed E-state index contributed by atoms with van der Waals surface area (Å²) in [7, 11) is 2.14. The molecular formula is C16H19N3O3S. The first-order valence-corrected chi connectivity index (χ1v) is 8.78. The molecule has 2 aromatic rings. The molecule has 2 fully saturated rings. The van der Waals surface area contributed by atoms with E-state index in [9.17, 15) is 14.7 Å². The summed E-state index contributed by atoms with van der Waals surface area (Å²) >= 11 is 1.30. The van der Waals surface area contributed by atoms with E-state index in [0.717, 1.165) is 12.8 Å². The molecule has 1 amide bonds. The Kier molecular flexibility index (Phi) is 3.42. The molecule has 4 rings (SSSR count). The lowest BCUT2D eigenvalue weighted by Crippen LogP contribution is -2.49. The van der Waals surface area contributed by atoms with Gasteiger partial charge in [0.1, 0.15) is 5.56 Å². The smallest absolute Gasteiger partial charge is 0.265 e. The number of hydrogen-bond donors (Lipinski definition) is 3. The van der Waals surface area contributed by atoms with Crippen molar-refractivity contribution in [3.63, 3.8) is 0 Å². The molecule has 2 aliphatic heterocycles. The van der Waals surface area contributed by atoms with Crippen LogP contribution in [-0.2, 0) is 0 Å². The molecule has 2 aromatic heterocycles. The second-order valence-electron chi connectivity index (χ2n) is 6.53. The van der Waals surface area contributed by atoms with Crippen molar-refractivity contribution in [3.8, 4) is 5.75 Å². The maximum absolute atomic E-state index is 12.5. The number of nitrogens with one attached hydrogen (secondary N) is 2. The third kappa shape index (κ3) is 2.35. The van der Waals surface area contributed by atoms with Crippen molar-refractivity contribution < 1.29 is 9.90 Å². The van der Waals surface area contributed by atoms with Gasteiger partial charge in [0.15, 0.2) is 5.75 Å². The highest BCUT2D eigenvalue weighted by Crippen LogP contribution is 2.34. The number of rotatable bonds is 2. The van der Waals surface area contributed by atoms with Crippen LogP contribution in [0.5, 0.6) is 5.75 Å². The predicted molar refractivity (Wildman–Crippen MR) is 89.2 cm³/mol. The molecule has 2 aliphatic rings. The van der Waals surface area contributed by atoms with Crippen LogP contribution in [0.4, 0.5) is 0 Å². The largest absolute Gasteiger partial charge is 0.505 e. The number of piperidine rings is 1. The summed E-state index contributed by atoms with van der Waals surface area (Å²) in [5.41, 5.74) is -0.153. The van der Waals surface area contributed by atoms with Gasteiger partial charge in [0.25, 0.3) is 11.5 Å². The monoisotopic (exact) mass is 333 g/mol. The van der Waals surface area contributed by atoms with Crippen LogP contribution in [0.25, 0.3) is 10.2 Å². The van der Waals surface area contributed by atoms with Gasteiger partial charge in [-0.15, -0.1) is 11.3 Å². The Balaban J connectivity index is 1.59. The van der Waals surface area contributed by atoms with Crippen LogP contribution in [0.1, 0.15) is 36.0 Å². The molecule has 0 saturated carbocycles. The fraction of sp³-hybridized carbons (Fsp3) is 0.500. The molecule has 0 spiro atoms. The minimum Gasteiger partial charge on any atom is -0.505 e. The molecule has 0 aliphatic carbocycles. The number of thiophene rings is 1. The standard InChI is InChI=1S/C16H19N3O3S/c1-19-9-2-3-10(19)7-8(6-9)17-15(21)12-13(20)14-11(4-5-23-14)18-16(12)22/h4-5,8-10H,2-3,6-7H2,1H3,(H,17,21)(H2,18,20,22). The SMILES string of the molecule is CN1C2CCC1CC(NC(=O)c1c(O)c3sccc3[nH]c1=O)C2. The third-order valence-corrected chi connectivity index (χ3v) is 6.17. The summed E-state index contributed by atoms with van der Waals surface area (Å²) in [5.74, 6) is -0.694. The number of pyridine rings is 1. The molecule has 0 aromatic carbocycles. The summed E-state index contributed by atoms with van der Waals surface area (Å²) in [4.78, 5) is 29.7. The van der Waals surface area contributed by atoms with Gasteiger partial charge in [-0.1, -0.05) is 0 Å². The number of aromatic hydroxyl groups is 1. The molecule has 2 saturated heterocycles. The van der Waals surface area contributed by atoms with E-state index in [1.54, 1.807) is 11.4 Å². The van der Waals surface area contributed by atoms with E-state index in [1.165, 1.54) is 24.2 Å². The van der Waals surface area contributed by atoms with Crippen LogP contribution in [0.15, 0.2) is 16.2 Å². The van der Waals surface area contributed by atoms with Crippen molar-refractivity contribution in [1.82, 2.24) is 15.2 Å². The van der Waals surface area contributed by atoms with Crippen molar-refractivity contribution >= 4 is 27.5 Å². The molecule has 4 heterocycles. The van der Waals surface area contributed by atoms with Gasteiger partial charge in [-0.25, -0.2) is 0 Å². The third-order valence-electron chi connectivity index (χ3n) is 5.25. The van der Waals surface area contributed by atoms with Gasteiger partial charge in [0, 0.05) is 18.1 Å². The van der Waals surface area contributed by atoms with E-state index in [1.807, 2.05) is 0 Å². The fourth-order valence-corrected chi connectivity index (χ4v) is 4.79. The topological polar surface area (TPSA) is 85.4 Å². The van der Waals surface area contributed by atoms with Gasteiger partial charge in [0.05, 0.1) is 10.2 Å². The van der Waals surface area contributed by atoms with Gasteiger partial charge in [-0.2, -0.15) is 0 Å². The van der Waals surface area contributed by atoms with Gasteiger partial charge >= 0.3 is 0 Å². The summed E-state index contributed by atoms with van der Waals surface area (Å²) < 4.78 is 0.540. The number of nitrogens with zero attached hydrogens (tertiary/aromatic N) is 1. The lowest BCUT2D eigenvalue weighted by atomic mass is 9.97. The van der Waals surface area contributed by atoms with Gasteiger partial charge in [0.2, 0.25) is 0 Å². The zero-order valence-corrected chi connectivity index (χ0v) is 13.7. The van der Waals surface area contributed by atoms with E-state index >= 15 is 0 Å². The van der Waals surface area contributed by atoms with Crippen LogP contribution in [0, 0.1) is 0 Å². The Bertz CT molecular complexity index is 814. The Morgan fingerprint density at radius 2 is 2.09 bits per heavy atom. The number of hydrogen-bond acceptors (Lipinski definition) is 5. The number of H-pyrrole nitrogens is 1. The van der Waals surface area contributed by atoms with E-state index in [0.29, 0.717) is 22.3 Å². The number of aromatic nitrogens is 1. The van der Waals surface area contributed by atoms with Crippen LogP contribution in [0.3, 0.4) is 0 Å². The highest BCUT2D eigenvalue weighted by molar-refractivity contribution is 7.17. The zero-order chi connectivity index (χ0) is 16.1. The summed E-state index contributed by atoms with van der Waals surface area (Å²) in [6.45, 7) is 0. The predicted octanol–water partition coefficient (Wildman–Crippen LogP) is 1.65. The number of amides is 1. The summed E-state index contributed by atoms with van der Waals surface area (Å²) in [5, 5.41) is 15.0. The van der Waals surface area contributed by atoms with Crippen LogP contribution >= 0.6 is 11.3 Å². The maximum atomic E-state index is 12.5. The quantitative estimate of drug-likeness (QED) is 0.780. The first kappa shape index (κ1) is 14.7. The van der Waals surface area contributed by atoms with E-state index in [-0.39, 0.29) is 17.4 Å². The van der Waals surface area contributed by atoms with Gasteiger partial charge in [-0.3, -0.25) is 9.59 Å². The molecule has 6 nitrogen and oxygen atoms in total. The molecule has 122 valence electrons. The Morgan fingerprint density at radius 3 is 2.78 bits per heavy atom. The Hall–Kier alpha value is -1.86. The molecule has 0 radical (unpaired) electrons. The van der Waals surface area contributed by atoms with Crippen LogP contribution < -0.4 is 10.9 Å². The van der Waals surface area contributed by atoms with Crippen molar-refractivity contribution in [1.29, 1.82) is 0 Å². The minimum absolute atomic E-state index is 0.0639. The first-order chi connectivity index (χ1) is 11.0. The summed E-state index contributed by atoms with van der Waals surface area (Å²) in [6.07, 6.45) is 4.14. The zero-order valence-electron chi connectivity index (χ0n) is 12.8. The molecule has 7 heteroatoms. The highest BCUT2D eigenvalue weighted by Gasteiger charge is 2.39. The molecule has 2 atom stereocenters. The van der Waals surface area contributed by atoms with Gasteiger partial charge in [-0.05, 0) is 44.2 Å². The van der Waals surface area contributed by atoms with E-state index < -0.39 is 11.5 Å². The maximum Gasteiger partial charge on any atom is 0.265 e. The lowest BCUT2D eigenvalue weighted by Gasteiger charge is -2.36. The number of fused-ring (bicyclic) bond motifs is 3. The average Bonchev–Trinajstić information content (AvgIpc) is 3.02. The van der Waals surface area contributed by atoms with Crippen LogP contribution in [0.2, 0.25) is 0 Å². The van der Waals surface area contributed by atoms with Crippen molar-refractivity contribution in [3.05, 3.63) is 27.4 Å². The number of carbonyl (C=O) groups is 1. The van der Waals surface area contributed by atoms with E-state index in [2.05, 4.69) is 22.2 Å². The van der Waals surface area contributed by atoms with Crippen molar-refractivity contribution in [2.75, 3.05) is 7.05 Å². The normalized spacial score (nSPS) is 27.4. The Morgan fingerprint density at radius 1 is 1.39 bits per heavy atom. The fourth-order valence-electron chi connectivity index (χ4n) is 3.99. The summed E-state index contributed by atoms with van der Waals surface area (Å²) in [6, 6.07) is 2.79. The number of carbonyl (C=O) groups excluding carboxylic acids is 1. The van der Waals surface area contributed by atoms with Gasteiger partial charge < -0.3 is 20.3 Å². The Labute approximate surface area is 137 Å². The minimum atomic E-state index is -0.540. The van der Waals surface area contributed by atoms with Crippen molar-refractivity contribution in [2.45, 2.75) is 43.8 Å². The number of aromatic amines is 1. The second-order valence-corrected chi connectivity index (χ2v) is 7.45.